The largest absolute Gasteiger partial charge is 0.349 e. The minimum absolute atomic E-state index is 0.304. The molecule has 94 valence electrons. The van der Waals surface area contributed by atoms with Crippen molar-refractivity contribution in [3.8, 4) is 0 Å². The number of aromatic amines is 1. The molecule has 0 fully saturated rings. The van der Waals surface area contributed by atoms with Crippen molar-refractivity contribution in [1.82, 2.24) is 20.6 Å². The number of nitrogens with two attached hydrogens (primary N) is 1. The third-order valence-electron chi connectivity index (χ3n) is 2.07. The summed E-state index contributed by atoms with van der Waals surface area (Å²) in [7, 11) is 0. The number of nitrogens with one attached hydrogen (secondary N) is 3. The lowest BCUT2D eigenvalue weighted by atomic mass is 10.3. The lowest BCUT2D eigenvalue weighted by Gasteiger charge is -2.04. The first kappa shape index (κ1) is 13.2. The van der Waals surface area contributed by atoms with Gasteiger partial charge in [-0.25, -0.2) is 4.98 Å². The second-order valence-electron chi connectivity index (χ2n) is 3.44. The molecule has 0 spiro atoms. The molecule has 0 aromatic carbocycles. The summed E-state index contributed by atoms with van der Waals surface area (Å²) >= 11 is 0. The normalized spacial score (nSPS) is 9.94. The number of aromatic nitrogens is 2. The molecule has 1 aromatic heterocycles. The highest BCUT2D eigenvalue weighted by Crippen LogP contribution is 1.93. The molecule has 0 atom stereocenters. The number of aryl methyl sites for hydroxylation is 1. The Labute approximate surface area is 99.2 Å². The zero-order chi connectivity index (χ0) is 12.5. The second-order valence-corrected chi connectivity index (χ2v) is 3.44. The molecule has 7 heteroatoms. The predicted octanol–water partition coefficient (Wildman–Crippen LogP) is -1.47. The van der Waals surface area contributed by atoms with E-state index in [9.17, 15) is 9.59 Å². The predicted molar refractivity (Wildman–Crippen MR) is 62.0 cm³/mol. The Hall–Kier alpha value is -1.89. The number of carbonyl (C=O) groups excluding carboxylic acids is 2. The van der Waals surface area contributed by atoms with Gasteiger partial charge >= 0.3 is 11.8 Å². The van der Waals surface area contributed by atoms with Gasteiger partial charge in [-0.2, -0.15) is 0 Å². The van der Waals surface area contributed by atoms with Gasteiger partial charge < -0.3 is 21.4 Å². The zero-order valence-corrected chi connectivity index (χ0v) is 9.53. The summed E-state index contributed by atoms with van der Waals surface area (Å²) in [5.74, 6) is -0.404. The molecule has 0 radical (unpaired) electrons. The maximum atomic E-state index is 11.2. The highest BCUT2D eigenvalue weighted by atomic mass is 16.2. The van der Waals surface area contributed by atoms with Gasteiger partial charge in [0.25, 0.3) is 0 Å². The van der Waals surface area contributed by atoms with Crippen LogP contribution in [0.1, 0.15) is 12.2 Å². The molecule has 2 amide bonds. The molecule has 0 unspecified atom stereocenters. The number of amides is 2. The SMILES string of the molecule is NCCNC(=O)C(=O)NCCCc1ncc[nH]1. The average Bonchev–Trinajstić information content (AvgIpc) is 2.84. The third kappa shape index (κ3) is 5.12. The van der Waals surface area contributed by atoms with Crippen molar-refractivity contribution in [2.24, 2.45) is 5.73 Å². The van der Waals surface area contributed by atoms with Gasteiger partial charge in [0, 0.05) is 38.4 Å². The van der Waals surface area contributed by atoms with Crippen molar-refractivity contribution in [2.45, 2.75) is 12.8 Å². The van der Waals surface area contributed by atoms with Crippen LogP contribution in [-0.2, 0) is 16.0 Å². The number of H-pyrrole nitrogens is 1. The summed E-state index contributed by atoms with van der Waals surface area (Å²) in [6.45, 7) is 1.06. The Morgan fingerprint density at radius 2 is 2.00 bits per heavy atom. The summed E-state index contributed by atoms with van der Waals surface area (Å²) in [4.78, 5) is 29.4. The smallest absolute Gasteiger partial charge is 0.309 e. The number of hydrogen-bond donors (Lipinski definition) is 4. The molecular weight excluding hydrogens is 222 g/mol. The summed E-state index contributed by atoms with van der Waals surface area (Å²) in [6.07, 6.45) is 4.88. The Bertz CT molecular complexity index is 350. The molecule has 0 saturated heterocycles. The van der Waals surface area contributed by atoms with Crippen molar-refractivity contribution < 1.29 is 9.59 Å². The minimum Gasteiger partial charge on any atom is -0.349 e. The summed E-state index contributed by atoms with van der Waals surface area (Å²) in [6, 6.07) is 0. The van der Waals surface area contributed by atoms with Crippen molar-refractivity contribution in [2.75, 3.05) is 19.6 Å². The summed E-state index contributed by atoms with van der Waals surface area (Å²) < 4.78 is 0. The van der Waals surface area contributed by atoms with Gasteiger partial charge in [-0.15, -0.1) is 0 Å². The fourth-order valence-electron chi connectivity index (χ4n) is 1.24. The highest BCUT2D eigenvalue weighted by Gasteiger charge is 2.11. The number of hydrogen-bond acceptors (Lipinski definition) is 4. The van der Waals surface area contributed by atoms with Crippen LogP contribution in [0.3, 0.4) is 0 Å². The molecule has 5 N–H and O–H groups in total. The van der Waals surface area contributed by atoms with E-state index in [0.717, 1.165) is 18.7 Å². The van der Waals surface area contributed by atoms with Gasteiger partial charge in [0.2, 0.25) is 0 Å². The Morgan fingerprint density at radius 1 is 1.29 bits per heavy atom. The van der Waals surface area contributed by atoms with E-state index in [1.54, 1.807) is 12.4 Å². The van der Waals surface area contributed by atoms with Crippen LogP contribution in [0.15, 0.2) is 12.4 Å². The monoisotopic (exact) mass is 239 g/mol. The fraction of sp³-hybridized carbons (Fsp3) is 0.500. The molecule has 1 rings (SSSR count). The molecule has 0 bridgehead atoms. The van der Waals surface area contributed by atoms with Gasteiger partial charge in [-0.1, -0.05) is 0 Å². The van der Waals surface area contributed by atoms with Gasteiger partial charge in [0.05, 0.1) is 0 Å². The third-order valence-corrected chi connectivity index (χ3v) is 2.07. The molecule has 17 heavy (non-hydrogen) atoms. The Morgan fingerprint density at radius 3 is 2.59 bits per heavy atom. The molecule has 0 aliphatic heterocycles. The Kier molecular flexibility index (Phi) is 5.73. The van der Waals surface area contributed by atoms with Crippen molar-refractivity contribution in [3.63, 3.8) is 0 Å². The molecule has 0 aliphatic rings. The van der Waals surface area contributed by atoms with E-state index >= 15 is 0 Å². The van der Waals surface area contributed by atoms with E-state index in [2.05, 4.69) is 20.6 Å². The van der Waals surface area contributed by atoms with E-state index in [1.165, 1.54) is 0 Å². The van der Waals surface area contributed by atoms with E-state index in [-0.39, 0.29) is 0 Å². The summed E-state index contributed by atoms with van der Waals surface area (Å²) in [5.41, 5.74) is 5.20. The van der Waals surface area contributed by atoms with Gasteiger partial charge in [0.15, 0.2) is 0 Å². The standard InChI is InChI=1S/C10H17N5O2/c11-3-5-15-10(17)9(16)14-4-1-2-8-12-6-7-13-8/h6-7H,1-5,11H2,(H,12,13)(H,14,16)(H,15,17). The molecule has 0 aliphatic carbocycles. The molecule has 7 nitrogen and oxygen atoms in total. The van der Waals surface area contributed by atoms with Crippen LogP contribution in [0, 0.1) is 0 Å². The zero-order valence-electron chi connectivity index (χ0n) is 9.53. The van der Waals surface area contributed by atoms with Crippen molar-refractivity contribution >= 4 is 11.8 Å². The quantitative estimate of drug-likeness (QED) is 0.358. The van der Waals surface area contributed by atoms with Crippen molar-refractivity contribution in [1.29, 1.82) is 0 Å². The van der Waals surface area contributed by atoms with E-state index < -0.39 is 11.8 Å². The Balaban J connectivity index is 2.09. The molecular formula is C10H17N5O2. The highest BCUT2D eigenvalue weighted by molar-refractivity contribution is 6.35. The average molecular weight is 239 g/mol. The fourth-order valence-corrected chi connectivity index (χ4v) is 1.24. The van der Waals surface area contributed by atoms with Crippen LogP contribution in [-0.4, -0.2) is 41.4 Å². The van der Waals surface area contributed by atoms with Crippen LogP contribution < -0.4 is 16.4 Å². The van der Waals surface area contributed by atoms with E-state index in [0.29, 0.717) is 19.6 Å². The second kappa shape index (κ2) is 7.39. The van der Waals surface area contributed by atoms with Crippen LogP contribution in [0.2, 0.25) is 0 Å². The molecule has 1 heterocycles. The van der Waals surface area contributed by atoms with Gasteiger partial charge in [0.1, 0.15) is 5.82 Å². The first-order valence-corrected chi connectivity index (χ1v) is 5.48. The van der Waals surface area contributed by atoms with Gasteiger partial charge in [-0.3, -0.25) is 9.59 Å². The number of nitrogens with zero attached hydrogens (tertiary/aromatic N) is 1. The van der Waals surface area contributed by atoms with E-state index in [4.69, 9.17) is 5.73 Å². The molecule has 0 saturated carbocycles. The van der Waals surface area contributed by atoms with Gasteiger partial charge in [-0.05, 0) is 6.42 Å². The molecule has 1 aromatic rings. The van der Waals surface area contributed by atoms with Crippen LogP contribution >= 0.6 is 0 Å². The van der Waals surface area contributed by atoms with Crippen LogP contribution in [0.25, 0.3) is 0 Å². The summed E-state index contributed by atoms with van der Waals surface area (Å²) in [5, 5.41) is 4.91. The van der Waals surface area contributed by atoms with Crippen LogP contribution in [0.4, 0.5) is 0 Å². The van der Waals surface area contributed by atoms with Crippen molar-refractivity contribution in [3.05, 3.63) is 18.2 Å². The first-order chi connectivity index (χ1) is 8.24. The minimum atomic E-state index is -0.645. The lowest BCUT2D eigenvalue weighted by Crippen LogP contribution is -2.42. The number of rotatable bonds is 6. The van der Waals surface area contributed by atoms with Crippen LogP contribution in [0.5, 0.6) is 0 Å². The number of carbonyl (C=O) groups is 2. The maximum absolute atomic E-state index is 11.2. The number of imidazole rings is 1. The maximum Gasteiger partial charge on any atom is 0.309 e. The lowest BCUT2D eigenvalue weighted by molar-refractivity contribution is -0.139. The first-order valence-electron chi connectivity index (χ1n) is 5.48. The topological polar surface area (TPSA) is 113 Å². The van der Waals surface area contributed by atoms with E-state index in [1.807, 2.05) is 0 Å².